The fourth-order valence-electron chi connectivity index (χ4n) is 8.84. The first kappa shape index (κ1) is 43.5. The predicted molar refractivity (Wildman–Crippen MR) is 177 cm³/mol. The van der Waals surface area contributed by atoms with Gasteiger partial charge in [0.2, 0.25) is 22.8 Å². The number of carboxylic acids is 1. The van der Waals surface area contributed by atoms with Gasteiger partial charge in [0.1, 0.15) is 18.1 Å². The van der Waals surface area contributed by atoms with E-state index in [9.17, 15) is 19.5 Å². The Morgan fingerprint density at radius 3 is 2.10 bits per heavy atom. The molecule has 0 aromatic carbocycles. The summed E-state index contributed by atoms with van der Waals surface area (Å²) in [4.78, 5) is 36.9. The Morgan fingerprint density at radius 1 is 0.863 bits per heavy atom. The standard InChI is InChI=1S/C36H33N4O4.2CH3O.3Na/c1-7-22-18(3)26-15-28-20(5)24(11-9-10-13-41)33-25(12-14-42)34-32(35(43)44)21(6)29-17-31-23(8-2)19(4)27-16-30(22)37(26)36(38(27)31,39(28)33)40(29)34;2*1-2;;;/h7,13-17H,1,8-12H2,2-6H3;2*1H3;;;/q+1;2*-1;3*+1/t36-;;;;;/m0...../s1. The van der Waals surface area contributed by atoms with Crippen molar-refractivity contribution in [2.75, 3.05) is 14.2 Å². The van der Waals surface area contributed by atoms with Crippen LogP contribution in [0.15, 0.2) is 45.8 Å². The molecule has 0 saturated heterocycles. The van der Waals surface area contributed by atoms with Gasteiger partial charge in [0.05, 0.1) is 33.6 Å². The van der Waals surface area contributed by atoms with E-state index in [-0.39, 0.29) is 101 Å². The van der Waals surface area contributed by atoms with Gasteiger partial charge in [0.15, 0.2) is 0 Å². The van der Waals surface area contributed by atoms with Gasteiger partial charge >= 0.3 is 94.6 Å². The van der Waals surface area contributed by atoms with Crippen LogP contribution < -0.4 is 115 Å². The summed E-state index contributed by atoms with van der Waals surface area (Å²) in [6.07, 6.45) is 12.9. The summed E-state index contributed by atoms with van der Waals surface area (Å²) >= 11 is 0. The molecule has 10 nitrogen and oxygen atoms in total. The van der Waals surface area contributed by atoms with Crippen molar-refractivity contribution in [2.24, 2.45) is 0 Å². The Morgan fingerprint density at radius 2 is 1.53 bits per heavy atom. The average Bonchev–Trinajstić information content (AvgIpc) is 3.75. The number of hydrogen-bond donors (Lipinski definition) is 0. The molecule has 6 aliphatic rings. The zero-order valence-corrected chi connectivity index (χ0v) is 37.4. The summed E-state index contributed by atoms with van der Waals surface area (Å²) in [5.74, 6) is -2.32. The van der Waals surface area contributed by atoms with Crippen LogP contribution in [0.5, 0.6) is 0 Å². The van der Waals surface area contributed by atoms with Crippen LogP contribution in [0.4, 0.5) is 0 Å². The van der Waals surface area contributed by atoms with Gasteiger partial charge in [-0.25, -0.2) is 0 Å². The van der Waals surface area contributed by atoms with Gasteiger partial charge in [-0.1, -0.05) is 28.7 Å². The second-order valence-corrected chi connectivity index (χ2v) is 12.4. The molecule has 2 aromatic heterocycles. The van der Waals surface area contributed by atoms with E-state index in [0.717, 1.165) is 94.7 Å². The molecular formula is C38H39N4Na3O6+2. The van der Waals surface area contributed by atoms with Crippen LogP contribution in [0.3, 0.4) is 0 Å². The van der Waals surface area contributed by atoms with E-state index < -0.39 is 11.9 Å². The SMILES string of the molecule is C=Cc1c(C)c2n3c1C=c1c(C)c(CC)c4n1[C@@]31[N+]3=C(C=4)C(C)=C(C(=O)[O-])C3=C(CC=O)C3=[N+]1C(=C2)C(C)=C3CCCC=O.C[O-].C[O-].[Na+].[Na+].[Na+]. The maximum Gasteiger partial charge on any atom is 1.00 e. The van der Waals surface area contributed by atoms with Crippen LogP contribution in [0.2, 0.25) is 0 Å². The topological polar surface area (TPSA) is 136 Å². The van der Waals surface area contributed by atoms with Crippen molar-refractivity contribution < 1.29 is 128 Å². The normalized spacial score (nSPS) is 18.7. The van der Waals surface area contributed by atoms with E-state index in [1.807, 2.05) is 13.0 Å². The molecule has 0 aliphatic carbocycles. The number of aromatic nitrogens is 2. The van der Waals surface area contributed by atoms with Crippen molar-refractivity contribution >= 4 is 54.3 Å². The molecule has 2 aromatic rings. The van der Waals surface area contributed by atoms with Crippen molar-refractivity contribution in [2.45, 2.75) is 72.6 Å². The molecule has 0 saturated carbocycles. The van der Waals surface area contributed by atoms with E-state index in [2.05, 4.69) is 70.8 Å². The third-order valence-electron chi connectivity index (χ3n) is 10.6. The molecule has 0 N–H and O–H groups in total. The number of carboxylic acid groups (broad SMARTS) is 1. The molecule has 51 heavy (non-hydrogen) atoms. The van der Waals surface area contributed by atoms with Crippen LogP contribution >= 0.6 is 0 Å². The third-order valence-corrected chi connectivity index (χ3v) is 10.6. The Kier molecular flexibility index (Phi) is 13.8. The zero-order valence-electron chi connectivity index (χ0n) is 31.4. The number of hydrogen-bond acceptors (Lipinski definition) is 6. The van der Waals surface area contributed by atoms with E-state index in [0.29, 0.717) is 36.1 Å². The number of carbonyl (C=O) groups is 3. The molecule has 0 amide bonds. The number of rotatable bonds is 9. The molecule has 1 atom stereocenters. The first-order chi connectivity index (χ1) is 23.2. The largest absolute Gasteiger partial charge is 1.00 e. The van der Waals surface area contributed by atoms with Crippen molar-refractivity contribution in [1.82, 2.24) is 9.13 Å². The van der Waals surface area contributed by atoms with Gasteiger partial charge in [-0.2, -0.15) is 23.4 Å². The summed E-state index contributed by atoms with van der Waals surface area (Å²) in [6, 6.07) is 0. The number of carbonyl (C=O) groups excluding carboxylic acids is 3. The molecule has 248 valence electrons. The summed E-state index contributed by atoms with van der Waals surface area (Å²) in [6.45, 7) is 14.6. The number of nitrogens with zero attached hydrogens (tertiary/aromatic N) is 4. The Hall–Kier alpha value is -1.93. The van der Waals surface area contributed by atoms with Gasteiger partial charge in [0.25, 0.3) is 0 Å². The fraction of sp³-hybridized carbons (Fsp3) is 0.342. The first-order valence-corrected chi connectivity index (χ1v) is 16.1. The van der Waals surface area contributed by atoms with Crippen LogP contribution in [0.1, 0.15) is 80.1 Å². The Bertz CT molecular complexity index is 2240. The molecule has 8 heterocycles. The summed E-state index contributed by atoms with van der Waals surface area (Å²) in [5.41, 5.74) is 13.3. The van der Waals surface area contributed by atoms with Gasteiger partial charge in [-0.05, 0) is 69.7 Å². The molecule has 0 fully saturated rings. The number of aldehydes is 2. The minimum atomic E-state index is -1.26. The number of aliphatic carboxylic acids is 1. The monoisotopic (exact) mass is 716 g/mol. The number of unbranched alkanes of at least 4 members (excludes halogenated alkanes) is 1. The maximum atomic E-state index is 13.1. The molecule has 0 unspecified atom stereocenters. The Balaban J connectivity index is 0.000000971. The number of allylic oxidation sites excluding steroid dienone is 4. The van der Waals surface area contributed by atoms with E-state index in [1.54, 1.807) is 0 Å². The third kappa shape index (κ3) is 5.35. The van der Waals surface area contributed by atoms with Crippen molar-refractivity contribution in [3.05, 3.63) is 90.2 Å². The van der Waals surface area contributed by atoms with Gasteiger partial charge in [0, 0.05) is 47.3 Å². The van der Waals surface area contributed by atoms with Crippen LogP contribution in [-0.4, -0.2) is 62.5 Å². The Labute approximate surface area is 364 Å². The molecule has 6 aliphatic heterocycles. The summed E-state index contributed by atoms with van der Waals surface area (Å²) in [5, 5.41) is 31.7. The van der Waals surface area contributed by atoms with Crippen molar-refractivity contribution in [3.8, 4) is 0 Å². The van der Waals surface area contributed by atoms with Gasteiger partial charge < -0.3 is 29.7 Å². The first-order valence-electron chi connectivity index (χ1n) is 16.1. The van der Waals surface area contributed by atoms with E-state index in [1.165, 1.54) is 11.1 Å². The molecule has 0 radical (unpaired) electrons. The summed E-state index contributed by atoms with van der Waals surface area (Å²) < 4.78 is 9.23. The van der Waals surface area contributed by atoms with Crippen LogP contribution in [-0.2, 0) is 26.7 Å². The van der Waals surface area contributed by atoms with E-state index >= 15 is 0 Å². The molecule has 13 heteroatoms. The second kappa shape index (κ2) is 16.2. The average molecular weight is 717 g/mol. The van der Waals surface area contributed by atoms with Crippen molar-refractivity contribution in [3.63, 3.8) is 0 Å². The van der Waals surface area contributed by atoms with Gasteiger partial charge in [-0.15, -0.1) is 0 Å². The van der Waals surface area contributed by atoms with Crippen LogP contribution in [0.25, 0.3) is 24.3 Å². The molecule has 8 rings (SSSR count). The summed E-state index contributed by atoms with van der Waals surface area (Å²) in [7, 11) is 1.50. The maximum absolute atomic E-state index is 13.1. The fourth-order valence-corrected chi connectivity index (χ4v) is 8.84. The van der Waals surface area contributed by atoms with E-state index in [4.69, 9.17) is 10.2 Å². The minimum absolute atomic E-state index is 0. The molecule has 0 bridgehead atoms. The predicted octanol–water partition coefficient (Wildman–Crippen LogP) is -8.97. The van der Waals surface area contributed by atoms with Gasteiger partial charge in [-0.3, -0.25) is 0 Å². The van der Waals surface area contributed by atoms with Crippen LogP contribution in [0, 0.1) is 13.8 Å². The quantitative estimate of drug-likeness (QED) is 0.110. The second-order valence-electron chi connectivity index (χ2n) is 12.4. The molecule has 1 spiro atoms. The minimum Gasteiger partial charge on any atom is -0.857 e. The van der Waals surface area contributed by atoms with Crippen molar-refractivity contribution in [1.29, 1.82) is 0 Å². The smallest absolute Gasteiger partial charge is 0.857 e. The zero-order chi connectivity index (χ0) is 35.0. The molecular weight excluding hydrogens is 677 g/mol.